The zero-order chi connectivity index (χ0) is 21.8. The summed E-state index contributed by atoms with van der Waals surface area (Å²) in [5.41, 5.74) is -1.62. The summed E-state index contributed by atoms with van der Waals surface area (Å²) in [6.07, 6.45) is -6.32. The maximum atomic E-state index is 13.2. The number of aliphatic hydroxyl groups is 2. The van der Waals surface area contributed by atoms with Crippen LogP contribution in [-0.4, -0.2) is 41.0 Å². The van der Waals surface area contributed by atoms with Gasteiger partial charge in [-0.3, -0.25) is 4.79 Å². The molecule has 1 unspecified atom stereocenters. The Bertz CT molecular complexity index is 868. The number of halogens is 3. The summed E-state index contributed by atoms with van der Waals surface area (Å²) in [6, 6.07) is 12.1. The van der Waals surface area contributed by atoms with Crippen LogP contribution in [0.25, 0.3) is 0 Å². The van der Waals surface area contributed by atoms with Crippen LogP contribution in [0.2, 0.25) is 0 Å². The van der Waals surface area contributed by atoms with Crippen molar-refractivity contribution in [3.05, 3.63) is 59.7 Å². The number of benzene rings is 2. The number of alkyl halides is 3. The third kappa shape index (κ3) is 5.29. The number of carbonyl (C=O) groups is 1. The zero-order valence-corrected chi connectivity index (χ0v) is 16.1. The molecule has 0 radical (unpaired) electrons. The van der Waals surface area contributed by atoms with Crippen molar-refractivity contribution >= 4 is 17.3 Å². The molecule has 1 aliphatic rings. The number of anilines is 2. The first kappa shape index (κ1) is 22.1. The summed E-state index contributed by atoms with van der Waals surface area (Å²) in [4.78, 5) is 12.5. The van der Waals surface area contributed by atoms with Gasteiger partial charge in [0.2, 0.25) is 0 Å². The fourth-order valence-electron chi connectivity index (χ4n) is 3.21. The average Bonchev–Trinajstić information content (AvgIpc) is 2.72. The maximum absolute atomic E-state index is 13.2. The first-order valence-corrected chi connectivity index (χ1v) is 9.47. The molecule has 1 atom stereocenters. The lowest BCUT2D eigenvalue weighted by atomic mass is 9.87. The van der Waals surface area contributed by atoms with Crippen LogP contribution in [0.5, 0.6) is 0 Å². The molecule has 0 bridgehead atoms. The van der Waals surface area contributed by atoms with Crippen LogP contribution in [0.3, 0.4) is 0 Å². The van der Waals surface area contributed by atoms with Gasteiger partial charge in [-0.15, -0.1) is 0 Å². The van der Waals surface area contributed by atoms with Gasteiger partial charge in [-0.2, -0.15) is 13.2 Å². The van der Waals surface area contributed by atoms with E-state index >= 15 is 0 Å². The molecule has 3 rings (SSSR count). The third-order valence-corrected chi connectivity index (χ3v) is 5.05. The van der Waals surface area contributed by atoms with Crippen LogP contribution in [-0.2, 0) is 22.3 Å². The number of carbonyl (C=O) groups excluding carboxylic acids is 1. The number of hydrogen-bond donors (Lipinski definition) is 4. The standard InChI is InChI=1S/C21H23F3N2O4/c22-21(23,24)15-6-7-16(25-13-14-4-2-1-3-5-14)17(12-15)26-19(28)18(27)20(29)8-10-30-11-9-20/h1-7,12,18,25,27,29H,8-11,13H2,(H,26,28). The van der Waals surface area contributed by atoms with E-state index in [0.29, 0.717) is 6.54 Å². The summed E-state index contributed by atoms with van der Waals surface area (Å²) >= 11 is 0. The summed E-state index contributed by atoms with van der Waals surface area (Å²) in [5.74, 6) is -0.985. The smallest absolute Gasteiger partial charge is 0.386 e. The second kappa shape index (κ2) is 9.03. The van der Waals surface area contributed by atoms with Gasteiger partial charge in [0.25, 0.3) is 5.91 Å². The van der Waals surface area contributed by atoms with E-state index in [4.69, 9.17) is 4.74 Å². The molecule has 1 saturated heterocycles. The quantitative estimate of drug-likeness (QED) is 0.572. The molecule has 2 aromatic rings. The minimum absolute atomic E-state index is 0.0449. The van der Waals surface area contributed by atoms with Gasteiger partial charge in [-0.1, -0.05) is 30.3 Å². The van der Waals surface area contributed by atoms with Crippen molar-refractivity contribution in [1.29, 1.82) is 0 Å². The minimum Gasteiger partial charge on any atom is -0.386 e. The lowest BCUT2D eigenvalue weighted by Gasteiger charge is -2.35. The fourth-order valence-corrected chi connectivity index (χ4v) is 3.21. The first-order valence-electron chi connectivity index (χ1n) is 9.47. The molecule has 0 aliphatic carbocycles. The van der Waals surface area contributed by atoms with Crippen LogP contribution in [0.15, 0.2) is 48.5 Å². The second-order valence-corrected chi connectivity index (χ2v) is 7.21. The number of amides is 1. The Labute approximate surface area is 171 Å². The molecule has 0 aromatic heterocycles. The summed E-state index contributed by atoms with van der Waals surface area (Å²) in [6.45, 7) is 0.668. The number of hydrogen-bond acceptors (Lipinski definition) is 5. The van der Waals surface area contributed by atoms with Gasteiger partial charge >= 0.3 is 6.18 Å². The van der Waals surface area contributed by atoms with E-state index in [2.05, 4.69) is 10.6 Å². The zero-order valence-electron chi connectivity index (χ0n) is 16.1. The van der Waals surface area contributed by atoms with Crippen molar-refractivity contribution in [3.8, 4) is 0 Å². The van der Waals surface area contributed by atoms with E-state index in [1.165, 1.54) is 6.07 Å². The Balaban J connectivity index is 1.81. The monoisotopic (exact) mass is 424 g/mol. The van der Waals surface area contributed by atoms with Crippen LogP contribution in [0, 0.1) is 0 Å². The second-order valence-electron chi connectivity index (χ2n) is 7.21. The van der Waals surface area contributed by atoms with E-state index in [9.17, 15) is 28.2 Å². The van der Waals surface area contributed by atoms with Gasteiger partial charge in [0, 0.05) is 32.6 Å². The highest BCUT2D eigenvalue weighted by atomic mass is 19.4. The number of ether oxygens (including phenoxy) is 1. The molecular weight excluding hydrogens is 401 g/mol. The van der Waals surface area contributed by atoms with Crippen molar-refractivity contribution in [3.63, 3.8) is 0 Å². The topological polar surface area (TPSA) is 90.8 Å². The highest BCUT2D eigenvalue weighted by molar-refractivity contribution is 5.97. The molecule has 30 heavy (non-hydrogen) atoms. The Morgan fingerprint density at radius 3 is 2.40 bits per heavy atom. The van der Waals surface area contributed by atoms with Crippen molar-refractivity contribution < 1.29 is 32.9 Å². The molecule has 1 fully saturated rings. The molecule has 2 aromatic carbocycles. The van der Waals surface area contributed by atoms with Crippen LogP contribution in [0.4, 0.5) is 24.5 Å². The predicted molar refractivity (Wildman–Crippen MR) is 105 cm³/mol. The largest absolute Gasteiger partial charge is 0.416 e. The highest BCUT2D eigenvalue weighted by Crippen LogP contribution is 2.35. The van der Waals surface area contributed by atoms with E-state index in [1.807, 2.05) is 30.3 Å². The molecule has 1 heterocycles. The maximum Gasteiger partial charge on any atom is 0.416 e. The summed E-state index contributed by atoms with van der Waals surface area (Å²) in [7, 11) is 0. The molecule has 0 saturated carbocycles. The van der Waals surface area contributed by atoms with E-state index in [1.54, 1.807) is 0 Å². The minimum atomic E-state index is -4.60. The Hall–Kier alpha value is -2.62. The summed E-state index contributed by atoms with van der Waals surface area (Å²) in [5, 5.41) is 26.2. The van der Waals surface area contributed by atoms with Gasteiger partial charge < -0.3 is 25.6 Å². The van der Waals surface area contributed by atoms with Crippen LogP contribution >= 0.6 is 0 Å². The highest BCUT2D eigenvalue weighted by Gasteiger charge is 2.42. The average molecular weight is 424 g/mol. The van der Waals surface area contributed by atoms with Crippen LogP contribution in [0.1, 0.15) is 24.0 Å². The molecule has 1 aliphatic heterocycles. The SMILES string of the molecule is O=C(Nc1cc(C(F)(F)F)ccc1NCc1ccccc1)C(O)C1(O)CCOCC1. The summed E-state index contributed by atoms with van der Waals surface area (Å²) < 4.78 is 44.6. The lowest BCUT2D eigenvalue weighted by molar-refractivity contribution is -0.155. The molecular formula is C21H23F3N2O4. The normalized spacial score (nSPS) is 17.2. The van der Waals surface area contributed by atoms with Crippen LogP contribution < -0.4 is 10.6 Å². The van der Waals surface area contributed by atoms with Crippen molar-refractivity contribution in [2.24, 2.45) is 0 Å². The predicted octanol–water partition coefficient (Wildman–Crippen LogP) is 3.16. The van der Waals surface area contributed by atoms with Gasteiger partial charge in [0.1, 0.15) is 5.60 Å². The third-order valence-electron chi connectivity index (χ3n) is 5.05. The van der Waals surface area contributed by atoms with E-state index in [-0.39, 0.29) is 37.4 Å². The van der Waals surface area contributed by atoms with Crippen molar-refractivity contribution in [1.82, 2.24) is 0 Å². The Morgan fingerprint density at radius 1 is 1.10 bits per heavy atom. The molecule has 1 amide bonds. The van der Waals surface area contributed by atoms with E-state index < -0.39 is 29.4 Å². The Morgan fingerprint density at radius 2 is 1.77 bits per heavy atom. The molecule has 0 spiro atoms. The van der Waals surface area contributed by atoms with Crippen molar-refractivity contribution in [2.45, 2.75) is 37.3 Å². The number of rotatable bonds is 6. The Kier molecular flexibility index (Phi) is 6.64. The fraction of sp³-hybridized carbons (Fsp3) is 0.381. The first-order chi connectivity index (χ1) is 14.2. The molecule has 4 N–H and O–H groups in total. The van der Waals surface area contributed by atoms with Gasteiger partial charge in [-0.25, -0.2) is 0 Å². The lowest BCUT2D eigenvalue weighted by Crippen LogP contribution is -2.52. The number of nitrogens with one attached hydrogen (secondary N) is 2. The molecule has 162 valence electrons. The molecule has 9 heteroatoms. The van der Waals surface area contributed by atoms with Gasteiger partial charge in [0.15, 0.2) is 6.10 Å². The number of aliphatic hydroxyl groups excluding tert-OH is 1. The van der Waals surface area contributed by atoms with Gasteiger partial charge in [-0.05, 0) is 23.8 Å². The van der Waals surface area contributed by atoms with Crippen molar-refractivity contribution in [2.75, 3.05) is 23.8 Å². The van der Waals surface area contributed by atoms with E-state index in [0.717, 1.165) is 17.7 Å². The molecule has 6 nitrogen and oxygen atoms in total. The van der Waals surface area contributed by atoms with Gasteiger partial charge in [0.05, 0.1) is 16.9 Å².